The molecule has 2 N–H and O–H groups in total. The Hall–Kier alpha value is -1.91. The smallest absolute Gasteiger partial charge is 0.105 e. The summed E-state index contributed by atoms with van der Waals surface area (Å²) in [6.45, 7) is 3.32. The molecule has 26 heavy (non-hydrogen) atoms. The van der Waals surface area contributed by atoms with Gasteiger partial charge in [0.25, 0.3) is 0 Å². The van der Waals surface area contributed by atoms with Crippen molar-refractivity contribution in [2.45, 2.75) is 32.5 Å². The molecule has 0 amide bonds. The fourth-order valence-electron chi connectivity index (χ4n) is 2.41. The summed E-state index contributed by atoms with van der Waals surface area (Å²) in [5.41, 5.74) is 4.04. The Morgan fingerprint density at radius 1 is 0.962 bits per heavy atom. The summed E-state index contributed by atoms with van der Waals surface area (Å²) in [5, 5.41) is 17.1. The molecule has 0 saturated carbocycles. The van der Waals surface area contributed by atoms with Crippen LogP contribution in [0.5, 0.6) is 0 Å². The third-order valence-corrected chi connectivity index (χ3v) is 3.44. The first-order valence-electron chi connectivity index (χ1n) is 8.26. The van der Waals surface area contributed by atoms with Gasteiger partial charge >= 0.3 is 0 Å². The van der Waals surface area contributed by atoms with Gasteiger partial charge in [0.2, 0.25) is 0 Å². The number of benzene rings is 2. The molecule has 5 heteroatoms. The number of aliphatic hydroxyl groups excluding tert-OH is 2. The summed E-state index contributed by atoms with van der Waals surface area (Å²) >= 11 is 0. The van der Waals surface area contributed by atoms with Crippen molar-refractivity contribution in [3.05, 3.63) is 73.2 Å². The van der Waals surface area contributed by atoms with E-state index in [1.165, 1.54) is 0 Å². The molecule has 0 aliphatic heterocycles. The van der Waals surface area contributed by atoms with Gasteiger partial charge in [0.1, 0.15) is 6.33 Å². The molecule has 0 aliphatic rings. The van der Waals surface area contributed by atoms with Crippen LogP contribution in [-0.4, -0.2) is 32.4 Å². The predicted octanol–water partition coefficient (Wildman–Crippen LogP) is 3.75. The van der Waals surface area contributed by atoms with Crippen LogP contribution in [0.4, 0.5) is 0 Å². The number of aliphatic hydroxyl groups is 2. The molecular formula is C21H23IrN2O2-. The Balaban J connectivity index is 0.000000366. The number of rotatable bonds is 4. The Labute approximate surface area is 168 Å². The number of hydrogen-bond acceptors (Lipinski definition) is 4. The first kappa shape index (κ1) is 22.1. The van der Waals surface area contributed by atoms with Gasteiger partial charge in [0.05, 0.1) is 12.2 Å². The van der Waals surface area contributed by atoms with Crippen molar-refractivity contribution < 1.29 is 30.3 Å². The minimum absolute atomic E-state index is 0. The van der Waals surface area contributed by atoms with Gasteiger partial charge in [-0.15, -0.1) is 35.9 Å². The zero-order chi connectivity index (χ0) is 18.1. The van der Waals surface area contributed by atoms with Gasteiger partial charge in [-0.05, 0) is 37.1 Å². The van der Waals surface area contributed by atoms with Crippen LogP contribution in [0.15, 0.2) is 67.1 Å². The first-order valence-corrected chi connectivity index (χ1v) is 8.26. The summed E-state index contributed by atoms with van der Waals surface area (Å²) in [6, 6.07) is 21.2. The molecule has 3 aromatic rings. The van der Waals surface area contributed by atoms with Crippen LogP contribution in [-0.2, 0) is 20.1 Å². The average molecular weight is 528 g/mol. The van der Waals surface area contributed by atoms with Gasteiger partial charge < -0.3 is 10.2 Å². The number of nitrogens with zero attached hydrogens (tertiary/aromatic N) is 2. The van der Waals surface area contributed by atoms with Crippen LogP contribution in [0.2, 0.25) is 0 Å². The summed E-state index contributed by atoms with van der Waals surface area (Å²) in [7, 11) is 0. The summed E-state index contributed by atoms with van der Waals surface area (Å²) < 4.78 is 0. The van der Waals surface area contributed by atoms with E-state index in [1.54, 1.807) is 20.2 Å². The molecule has 0 saturated heterocycles. The molecule has 2 aromatic carbocycles. The molecule has 0 fully saturated rings. The molecule has 0 bridgehead atoms. The van der Waals surface area contributed by atoms with E-state index in [4.69, 9.17) is 10.2 Å². The van der Waals surface area contributed by atoms with E-state index in [2.05, 4.69) is 28.2 Å². The molecular weight excluding hydrogens is 504 g/mol. The second kappa shape index (κ2) is 11.7. The van der Waals surface area contributed by atoms with Gasteiger partial charge in [-0.25, -0.2) is 4.98 Å². The second-order valence-electron chi connectivity index (χ2n) is 5.86. The average Bonchev–Trinajstić information content (AvgIpc) is 2.63. The predicted molar refractivity (Wildman–Crippen MR) is 99.7 cm³/mol. The topological polar surface area (TPSA) is 66.2 Å². The SMILES string of the molecule is CC(O)CC(C)O.[Ir].[c-]1ccccc1-c1ncncc1-c1ccccc1. The standard InChI is InChI=1S/C16H11N2.C5H12O2.Ir/c1-3-7-13(8-4-1)15-11-17-12-18-16(15)14-9-5-2-6-10-14;1-4(6)3-5(2)7;/h1-9,11-12H;4-7H,3H2,1-2H3;/q-1;;. The Bertz CT molecular complexity index is 686. The molecule has 2 atom stereocenters. The van der Waals surface area contributed by atoms with Crippen molar-refractivity contribution in [1.82, 2.24) is 9.97 Å². The fraction of sp³-hybridized carbons (Fsp3) is 0.238. The van der Waals surface area contributed by atoms with Crippen LogP contribution in [0.25, 0.3) is 22.4 Å². The second-order valence-corrected chi connectivity index (χ2v) is 5.86. The zero-order valence-corrected chi connectivity index (χ0v) is 17.2. The van der Waals surface area contributed by atoms with E-state index in [9.17, 15) is 0 Å². The van der Waals surface area contributed by atoms with Crippen LogP contribution < -0.4 is 0 Å². The maximum absolute atomic E-state index is 8.56. The molecule has 3 rings (SSSR count). The van der Waals surface area contributed by atoms with Gasteiger partial charge in [0.15, 0.2) is 0 Å². The molecule has 1 heterocycles. The van der Waals surface area contributed by atoms with Crippen LogP contribution in [0, 0.1) is 6.07 Å². The normalized spacial score (nSPS) is 12.2. The Morgan fingerprint density at radius 2 is 1.62 bits per heavy atom. The van der Waals surface area contributed by atoms with Crippen LogP contribution in [0.1, 0.15) is 20.3 Å². The summed E-state index contributed by atoms with van der Waals surface area (Å²) in [4.78, 5) is 8.51. The monoisotopic (exact) mass is 528 g/mol. The Morgan fingerprint density at radius 3 is 2.15 bits per heavy atom. The van der Waals surface area contributed by atoms with Gasteiger partial charge in [-0.1, -0.05) is 30.3 Å². The van der Waals surface area contributed by atoms with Crippen molar-refractivity contribution in [2.24, 2.45) is 0 Å². The molecule has 1 aromatic heterocycles. The van der Waals surface area contributed by atoms with Gasteiger partial charge in [-0.2, -0.15) is 0 Å². The van der Waals surface area contributed by atoms with E-state index < -0.39 is 0 Å². The van der Waals surface area contributed by atoms with E-state index in [-0.39, 0.29) is 32.3 Å². The van der Waals surface area contributed by atoms with Gasteiger partial charge in [0, 0.05) is 26.3 Å². The van der Waals surface area contributed by atoms with Crippen molar-refractivity contribution in [1.29, 1.82) is 0 Å². The fourth-order valence-corrected chi connectivity index (χ4v) is 2.41. The van der Waals surface area contributed by atoms with E-state index in [1.807, 2.05) is 48.7 Å². The minimum Gasteiger partial charge on any atom is -0.393 e. The van der Waals surface area contributed by atoms with E-state index in [0.717, 1.165) is 22.4 Å². The maximum atomic E-state index is 8.56. The summed E-state index contributed by atoms with van der Waals surface area (Å²) in [5.74, 6) is 0. The third kappa shape index (κ3) is 7.14. The van der Waals surface area contributed by atoms with Crippen molar-refractivity contribution in [3.8, 4) is 22.4 Å². The zero-order valence-electron chi connectivity index (χ0n) is 14.8. The van der Waals surface area contributed by atoms with Crippen molar-refractivity contribution in [2.75, 3.05) is 0 Å². The van der Waals surface area contributed by atoms with Crippen LogP contribution in [0.3, 0.4) is 0 Å². The maximum Gasteiger partial charge on any atom is 0.105 e. The minimum atomic E-state index is -0.375. The third-order valence-electron chi connectivity index (χ3n) is 3.44. The van der Waals surface area contributed by atoms with Gasteiger partial charge in [-0.3, -0.25) is 4.98 Å². The molecule has 0 spiro atoms. The number of aromatic nitrogens is 2. The summed E-state index contributed by atoms with van der Waals surface area (Å²) in [6.07, 6.45) is 3.14. The molecule has 2 unspecified atom stereocenters. The molecule has 4 nitrogen and oxygen atoms in total. The quantitative estimate of drug-likeness (QED) is 0.508. The molecule has 1 radical (unpaired) electrons. The molecule has 139 valence electrons. The van der Waals surface area contributed by atoms with Crippen molar-refractivity contribution >= 4 is 0 Å². The first-order chi connectivity index (χ1) is 12.1. The Kier molecular flexibility index (Phi) is 9.92. The van der Waals surface area contributed by atoms with Crippen molar-refractivity contribution in [3.63, 3.8) is 0 Å². The van der Waals surface area contributed by atoms with E-state index in [0.29, 0.717) is 6.42 Å². The molecule has 0 aliphatic carbocycles. The van der Waals surface area contributed by atoms with Crippen LogP contribution >= 0.6 is 0 Å². The number of hydrogen-bond donors (Lipinski definition) is 2. The van der Waals surface area contributed by atoms with E-state index >= 15 is 0 Å². The largest absolute Gasteiger partial charge is 0.393 e.